The molecule has 0 unspecified atom stereocenters. The van der Waals surface area contributed by atoms with Crippen LogP contribution in [0.4, 0.5) is 0 Å². The average Bonchev–Trinajstić information content (AvgIpc) is 2.80. The second-order valence-electron chi connectivity index (χ2n) is 4.09. The van der Waals surface area contributed by atoms with Gasteiger partial charge in [-0.1, -0.05) is 12.8 Å². The highest BCUT2D eigenvalue weighted by Gasteiger charge is 2.15. The largest absolute Gasteiger partial charge is 0.493 e. The van der Waals surface area contributed by atoms with Crippen molar-refractivity contribution in [1.29, 1.82) is 0 Å². The molecule has 0 N–H and O–H groups in total. The summed E-state index contributed by atoms with van der Waals surface area (Å²) in [6.07, 6.45) is 7.11. The van der Waals surface area contributed by atoms with Crippen LogP contribution in [0.25, 0.3) is 0 Å². The van der Waals surface area contributed by atoms with Crippen molar-refractivity contribution >= 4 is 6.29 Å². The van der Waals surface area contributed by atoms with Crippen LogP contribution in [0.5, 0.6) is 5.75 Å². The van der Waals surface area contributed by atoms with E-state index in [2.05, 4.69) is 0 Å². The van der Waals surface area contributed by atoms with Crippen molar-refractivity contribution in [1.82, 2.24) is 0 Å². The van der Waals surface area contributed by atoms with Gasteiger partial charge >= 0.3 is 0 Å². The van der Waals surface area contributed by atoms with Gasteiger partial charge in [0, 0.05) is 5.56 Å². The Labute approximate surface area is 90.3 Å². The highest BCUT2D eigenvalue weighted by atomic mass is 16.5. The smallest absolute Gasteiger partial charge is 0.233 e. The van der Waals surface area contributed by atoms with E-state index in [9.17, 15) is 4.79 Å². The molecule has 1 aliphatic carbocycles. The molecule has 15 heavy (non-hydrogen) atoms. The van der Waals surface area contributed by atoms with Gasteiger partial charge in [-0.05, 0) is 43.0 Å². The maximum absolute atomic E-state index is 10.3. The van der Waals surface area contributed by atoms with Crippen molar-refractivity contribution in [3.8, 4) is 5.75 Å². The van der Waals surface area contributed by atoms with Crippen molar-refractivity contribution in [3.63, 3.8) is 0 Å². The summed E-state index contributed by atoms with van der Waals surface area (Å²) in [7, 11) is 0. The molecule has 0 heterocycles. The predicted octanol–water partition coefficient (Wildman–Crippen LogP) is 2.71. The van der Waals surface area contributed by atoms with Gasteiger partial charge in [-0.3, -0.25) is 4.79 Å². The predicted molar refractivity (Wildman–Crippen MR) is 58.7 cm³/mol. The van der Waals surface area contributed by atoms with Crippen LogP contribution in [0.3, 0.4) is 0 Å². The lowest BCUT2D eigenvalue weighted by atomic mass is 10.1. The fraction of sp³-hybridized carbons (Fsp3) is 0.462. The monoisotopic (exact) mass is 203 g/mol. The molecule has 1 fully saturated rings. The van der Waals surface area contributed by atoms with Crippen molar-refractivity contribution in [2.75, 3.05) is 6.61 Å². The fourth-order valence-electron chi connectivity index (χ4n) is 2.01. The summed E-state index contributed by atoms with van der Waals surface area (Å²) in [6, 6.07) is 7.12. The quantitative estimate of drug-likeness (QED) is 0.752. The van der Waals surface area contributed by atoms with E-state index in [4.69, 9.17) is 4.74 Å². The third-order valence-corrected chi connectivity index (χ3v) is 2.93. The van der Waals surface area contributed by atoms with E-state index in [0.717, 1.165) is 18.3 Å². The van der Waals surface area contributed by atoms with E-state index in [1.54, 1.807) is 12.1 Å². The first-order chi connectivity index (χ1) is 7.38. The SMILES string of the molecule is O=[C]c1ccc(OCC2CCCC2)cc1. The molecule has 0 spiro atoms. The molecule has 0 aliphatic heterocycles. The van der Waals surface area contributed by atoms with Crippen molar-refractivity contribution in [2.45, 2.75) is 25.7 Å². The lowest BCUT2D eigenvalue weighted by Gasteiger charge is -2.10. The molecule has 0 aromatic heterocycles. The van der Waals surface area contributed by atoms with Gasteiger partial charge in [0.05, 0.1) is 6.61 Å². The van der Waals surface area contributed by atoms with E-state index in [1.807, 2.05) is 18.4 Å². The molecule has 0 amide bonds. The number of hydrogen-bond donors (Lipinski definition) is 0. The van der Waals surface area contributed by atoms with Crippen LogP contribution in [0.1, 0.15) is 31.2 Å². The molecule has 1 saturated carbocycles. The lowest BCUT2D eigenvalue weighted by Crippen LogP contribution is -2.07. The molecular weight excluding hydrogens is 188 g/mol. The van der Waals surface area contributed by atoms with E-state index < -0.39 is 0 Å². The molecule has 1 aromatic carbocycles. The van der Waals surface area contributed by atoms with Gasteiger partial charge in [0.1, 0.15) is 5.75 Å². The molecule has 1 aromatic rings. The summed E-state index contributed by atoms with van der Waals surface area (Å²) in [6.45, 7) is 0.810. The molecule has 79 valence electrons. The number of ether oxygens (including phenoxy) is 1. The highest BCUT2D eigenvalue weighted by molar-refractivity contribution is 5.75. The minimum atomic E-state index is 0.572. The maximum atomic E-state index is 10.3. The number of rotatable bonds is 4. The Hall–Kier alpha value is -1.31. The maximum Gasteiger partial charge on any atom is 0.233 e. The van der Waals surface area contributed by atoms with E-state index >= 15 is 0 Å². The molecular formula is C13H15O2. The molecule has 2 heteroatoms. The summed E-state index contributed by atoms with van der Waals surface area (Å²) in [5.74, 6) is 1.57. The van der Waals surface area contributed by atoms with Gasteiger partial charge in [0.25, 0.3) is 0 Å². The first-order valence-electron chi connectivity index (χ1n) is 5.49. The fourth-order valence-corrected chi connectivity index (χ4v) is 2.01. The molecule has 0 atom stereocenters. The number of carbonyl (C=O) groups excluding carboxylic acids is 1. The van der Waals surface area contributed by atoms with Gasteiger partial charge in [-0.2, -0.15) is 0 Å². The second kappa shape index (κ2) is 4.96. The second-order valence-corrected chi connectivity index (χ2v) is 4.09. The molecule has 1 aliphatic rings. The molecule has 2 rings (SSSR count). The molecule has 2 nitrogen and oxygen atoms in total. The first kappa shape index (κ1) is 10.2. The number of hydrogen-bond acceptors (Lipinski definition) is 2. The van der Waals surface area contributed by atoms with E-state index in [1.165, 1.54) is 25.7 Å². The molecule has 0 bridgehead atoms. The summed E-state index contributed by atoms with van der Waals surface area (Å²) in [5.41, 5.74) is 0.572. The van der Waals surface area contributed by atoms with Crippen LogP contribution < -0.4 is 4.74 Å². The number of benzene rings is 1. The van der Waals surface area contributed by atoms with Crippen LogP contribution >= 0.6 is 0 Å². The Morgan fingerprint density at radius 2 is 1.87 bits per heavy atom. The zero-order valence-electron chi connectivity index (χ0n) is 8.74. The van der Waals surface area contributed by atoms with E-state index in [-0.39, 0.29) is 0 Å². The van der Waals surface area contributed by atoms with Gasteiger partial charge in [-0.15, -0.1) is 0 Å². The minimum Gasteiger partial charge on any atom is -0.493 e. The summed E-state index contributed by atoms with van der Waals surface area (Å²) >= 11 is 0. The Bertz CT molecular complexity index is 310. The topological polar surface area (TPSA) is 26.3 Å². The van der Waals surface area contributed by atoms with Crippen molar-refractivity contribution < 1.29 is 9.53 Å². The summed E-state index contributed by atoms with van der Waals surface area (Å²) in [4.78, 5) is 10.3. The van der Waals surface area contributed by atoms with Crippen LogP contribution in [-0.2, 0) is 4.79 Å². The van der Waals surface area contributed by atoms with E-state index in [0.29, 0.717) is 5.56 Å². The van der Waals surface area contributed by atoms with Gasteiger partial charge < -0.3 is 4.74 Å². The summed E-state index contributed by atoms with van der Waals surface area (Å²) < 4.78 is 5.66. The van der Waals surface area contributed by atoms with Crippen LogP contribution in [-0.4, -0.2) is 12.9 Å². The minimum absolute atomic E-state index is 0.572. The summed E-state index contributed by atoms with van der Waals surface area (Å²) in [5, 5.41) is 0. The lowest BCUT2D eigenvalue weighted by molar-refractivity contribution is 0.252. The first-order valence-corrected chi connectivity index (χ1v) is 5.49. The molecule has 0 saturated heterocycles. The van der Waals surface area contributed by atoms with Crippen LogP contribution in [0.2, 0.25) is 0 Å². The standard InChI is InChI=1S/C13H15O2/c14-9-11-5-7-13(8-6-11)15-10-12-3-1-2-4-12/h5-8,12H,1-4,10H2. The third-order valence-electron chi connectivity index (χ3n) is 2.93. The highest BCUT2D eigenvalue weighted by Crippen LogP contribution is 2.25. The van der Waals surface area contributed by atoms with Crippen LogP contribution in [0.15, 0.2) is 24.3 Å². The third kappa shape index (κ3) is 2.82. The Morgan fingerprint density at radius 3 is 2.47 bits per heavy atom. The van der Waals surface area contributed by atoms with Gasteiger partial charge in [0.15, 0.2) is 0 Å². The normalized spacial score (nSPS) is 16.5. The Morgan fingerprint density at radius 1 is 1.20 bits per heavy atom. The van der Waals surface area contributed by atoms with Gasteiger partial charge in [-0.25, -0.2) is 0 Å². The Kier molecular flexibility index (Phi) is 3.38. The van der Waals surface area contributed by atoms with Gasteiger partial charge in [0.2, 0.25) is 6.29 Å². The zero-order chi connectivity index (χ0) is 10.5. The van der Waals surface area contributed by atoms with Crippen molar-refractivity contribution in [2.24, 2.45) is 5.92 Å². The van der Waals surface area contributed by atoms with Crippen LogP contribution in [0, 0.1) is 5.92 Å². The molecule has 1 radical (unpaired) electrons. The Balaban J connectivity index is 1.84. The zero-order valence-corrected chi connectivity index (χ0v) is 8.74. The average molecular weight is 203 g/mol. The van der Waals surface area contributed by atoms with Crippen molar-refractivity contribution in [3.05, 3.63) is 29.8 Å².